The molecule has 2 heterocycles. The Morgan fingerprint density at radius 2 is 0.780 bits per heavy atom. The Kier molecular flexibility index (Phi) is 50.4. The number of aromatic nitrogens is 4. The predicted octanol–water partition coefficient (Wildman–Crippen LogP) is -8.18. The van der Waals surface area contributed by atoms with Crippen molar-refractivity contribution in [3.63, 3.8) is 0 Å². The van der Waals surface area contributed by atoms with Gasteiger partial charge in [-0.1, -0.05) is 75.7 Å². The molecule has 0 unspecified atom stereocenters. The molecule has 0 aliphatic heterocycles. The number of unbranched alkanes of at least 4 members (excludes halogenated alkanes) is 1. The SMILES string of the molecule is CC[C@H](C)[C@H](NC(=O)[C@H](CCC(=O)O)NC(=O)[C@H](CO)NC(=O)[C@@H](NC(=O)[C@@H](N)CO)C(C)C)C(=O)N[C@@H](CCC(N)=O)C(=O)N[C@@H](CC(C)C)C(=O)N[C@@H](CCSC)C(=O)N[C@@H](Cc1cnc[nH]1)C(=O)N[C@@H](CC(N)=O)C(=O)N[C@@H](CC(C)C)C(=O)NCC(=O)N[C@@H](CCCCN)C(=O)N[C@@H](Cc1cnc[nH]1)C(=O)N[C@@H](CC(C)C)C(=O)N[C@@H](CC(N)=O)C(=O)O. The van der Waals surface area contributed by atoms with E-state index >= 15 is 0 Å². The summed E-state index contributed by atoms with van der Waals surface area (Å²) in [4.78, 5) is 285. The third-order valence-corrected chi connectivity index (χ3v) is 20.2. The third kappa shape index (κ3) is 42.2. The highest BCUT2D eigenvalue weighted by molar-refractivity contribution is 7.98. The van der Waals surface area contributed by atoms with Crippen LogP contribution in [-0.2, 0) is 109 Å². The summed E-state index contributed by atoms with van der Waals surface area (Å²) < 4.78 is 0. The highest BCUT2D eigenvalue weighted by Gasteiger charge is 2.40. The van der Waals surface area contributed by atoms with Crippen molar-refractivity contribution in [2.75, 3.05) is 38.3 Å². The van der Waals surface area contributed by atoms with Crippen LogP contribution < -0.4 is 108 Å². The number of carbonyl (C=O) groups excluding carboxylic acids is 18. The molecule has 2 aromatic rings. The molecule has 127 heavy (non-hydrogen) atoms. The van der Waals surface area contributed by atoms with E-state index in [-0.39, 0.29) is 81.2 Å². The van der Waals surface area contributed by atoms with Crippen molar-refractivity contribution >= 4 is 130 Å². The lowest BCUT2D eigenvalue weighted by molar-refractivity contribution is -0.144. The molecule has 0 bridgehead atoms. The molecule has 712 valence electrons. The number of primary amides is 3. The molecular formula is C78H130N24O24S. The van der Waals surface area contributed by atoms with Crippen molar-refractivity contribution in [1.29, 1.82) is 0 Å². The summed E-state index contributed by atoms with van der Waals surface area (Å²) in [5.41, 5.74) is 28.3. The molecular weight excluding hydrogens is 1690 g/mol. The van der Waals surface area contributed by atoms with Gasteiger partial charge in [0.05, 0.1) is 45.3 Å². The average Bonchev–Trinajstić information content (AvgIpc) is 1.68. The van der Waals surface area contributed by atoms with Crippen LogP contribution in [0.4, 0.5) is 0 Å². The number of H-pyrrole nitrogens is 2. The van der Waals surface area contributed by atoms with Gasteiger partial charge in [-0.05, 0) is 106 Å². The fraction of sp³-hybridized carbons (Fsp3) is 0.667. The van der Waals surface area contributed by atoms with E-state index in [0.29, 0.717) is 12.1 Å². The largest absolute Gasteiger partial charge is 0.481 e. The molecule has 0 aliphatic carbocycles. The Balaban J connectivity index is 2.52. The summed E-state index contributed by atoms with van der Waals surface area (Å²) in [5.74, 6) is -23.9. The lowest BCUT2D eigenvalue weighted by Crippen LogP contribution is -2.62. The van der Waals surface area contributed by atoms with E-state index in [1.807, 2.05) is 0 Å². The summed E-state index contributed by atoms with van der Waals surface area (Å²) in [6.07, 6.45) is 2.37. The molecule has 18 amide bonds. The molecule has 31 N–H and O–H groups in total. The smallest absolute Gasteiger partial charge is 0.326 e. The number of aliphatic hydroxyl groups is 2. The van der Waals surface area contributed by atoms with Crippen LogP contribution in [0.2, 0.25) is 0 Å². The monoisotopic (exact) mass is 1820 g/mol. The van der Waals surface area contributed by atoms with Crippen LogP contribution in [-0.4, -0.2) is 288 Å². The Morgan fingerprint density at radius 1 is 0.409 bits per heavy atom. The van der Waals surface area contributed by atoms with Gasteiger partial charge in [0.15, 0.2) is 0 Å². The van der Waals surface area contributed by atoms with Gasteiger partial charge in [-0.25, -0.2) is 14.8 Å². The van der Waals surface area contributed by atoms with E-state index in [1.54, 1.807) is 54.7 Å². The van der Waals surface area contributed by atoms with Crippen LogP contribution in [0.15, 0.2) is 25.0 Å². The standard InChI is InChI=1S/C78H130N24O24S/c1-12-41(10)63(102-69(116)47(17-19-61(109)110)90-75(122)56(34-104)100-76(123)62(40(8)9)101-64(111)44(80)33-103)77(124)92-46(16-18-57(81)105)67(114)94-50(24-38(4)5)70(117)91-48(20-22-127-11)68(115)97-53(27-43-31-85-36-88-43)73(120)98-54(28-58(82)106)74(121)93-49(23-37(2)3)65(112)86-32-60(108)89-45(15-13-14-21-79)66(113)96-52(26-42-30-84-35-87-42)72(119)95-51(25-39(6)7)71(118)99-55(78(125)126)29-59(83)107/h30-31,35-41,44-56,62-63,103-104H,12-29,32-34,79-80H2,1-11H3,(H2,81,105)(H2,82,106)(H2,83,107)(H,84,87)(H,85,88)(H,86,112)(H,89,108)(H,90,122)(H,91,117)(H,92,124)(H,93,121)(H,94,114)(H,95,119)(H,96,113)(H,97,115)(H,98,120)(H,99,118)(H,100,123)(H,101,111)(H,102,116)(H,109,110)(H,125,126)/t41-,44-,45-,46-,47-,48-,49-,50-,51-,52-,53-,54-,55-,56-,62-,63-/m0/s1. The van der Waals surface area contributed by atoms with Crippen molar-refractivity contribution in [2.45, 2.75) is 263 Å². The molecule has 2 aromatic heterocycles. The van der Waals surface area contributed by atoms with Crippen molar-refractivity contribution in [3.05, 3.63) is 36.4 Å². The van der Waals surface area contributed by atoms with Crippen molar-refractivity contribution in [1.82, 2.24) is 99.7 Å². The number of carboxylic acid groups (broad SMARTS) is 2. The summed E-state index contributed by atoms with van der Waals surface area (Å²) in [6, 6.07) is -23.9. The number of carbonyl (C=O) groups is 20. The molecule has 49 heteroatoms. The van der Waals surface area contributed by atoms with E-state index in [9.17, 15) is 116 Å². The maximum Gasteiger partial charge on any atom is 0.326 e. The molecule has 0 spiro atoms. The zero-order chi connectivity index (χ0) is 96.1. The number of carboxylic acids is 2. The third-order valence-electron chi connectivity index (χ3n) is 19.5. The second-order valence-electron chi connectivity index (χ2n) is 32.2. The Bertz CT molecular complexity index is 4010. The number of nitrogens with two attached hydrogens (primary N) is 5. The summed E-state index contributed by atoms with van der Waals surface area (Å²) in [7, 11) is 0. The molecule has 2 rings (SSSR count). The molecule has 0 radical (unpaired) electrons. The average molecular weight is 1820 g/mol. The molecule has 0 aromatic carbocycles. The van der Waals surface area contributed by atoms with E-state index in [2.05, 4.69) is 99.7 Å². The molecule has 0 aliphatic rings. The quantitative estimate of drug-likeness (QED) is 0.0274. The van der Waals surface area contributed by atoms with Crippen LogP contribution in [0.25, 0.3) is 0 Å². The Hall–Kier alpha value is -12.0. The van der Waals surface area contributed by atoms with Gasteiger partial charge in [-0.3, -0.25) is 91.1 Å². The first-order chi connectivity index (χ1) is 59.7. The fourth-order valence-corrected chi connectivity index (χ4v) is 12.9. The molecule has 48 nitrogen and oxygen atoms in total. The topological polar surface area (TPSA) is 790 Å². The number of amides is 18. The lowest BCUT2D eigenvalue weighted by Gasteiger charge is -2.30. The first kappa shape index (κ1) is 111. The van der Waals surface area contributed by atoms with Gasteiger partial charge in [-0.15, -0.1) is 0 Å². The number of imidazole rings is 2. The fourth-order valence-electron chi connectivity index (χ4n) is 12.5. The number of nitrogens with one attached hydrogen (secondary N) is 17. The van der Waals surface area contributed by atoms with Crippen LogP contribution >= 0.6 is 11.8 Å². The number of aromatic amines is 2. The first-order valence-electron chi connectivity index (χ1n) is 41.6. The Labute approximate surface area is 738 Å². The zero-order valence-electron chi connectivity index (χ0n) is 73.3. The number of aliphatic carboxylic acids is 2. The second-order valence-corrected chi connectivity index (χ2v) is 33.2. The number of hydrogen-bond donors (Lipinski definition) is 26. The minimum Gasteiger partial charge on any atom is -0.481 e. The second kappa shape index (κ2) is 57.6. The van der Waals surface area contributed by atoms with Crippen molar-refractivity contribution < 1.29 is 116 Å². The first-order valence-corrected chi connectivity index (χ1v) is 43.0. The number of rotatable bonds is 63. The maximum absolute atomic E-state index is 14.7. The van der Waals surface area contributed by atoms with Gasteiger partial charge in [0.25, 0.3) is 0 Å². The van der Waals surface area contributed by atoms with Gasteiger partial charge in [0.2, 0.25) is 106 Å². The molecule has 16 atom stereocenters. The molecule has 0 fully saturated rings. The van der Waals surface area contributed by atoms with Gasteiger partial charge in [0.1, 0.15) is 90.6 Å². The van der Waals surface area contributed by atoms with Crippen LogP contribution in [0.5, 0.6) is 0 Å². The van der Waals surface area contributed by atoms with Gasteiger partial charge in [-0.2, -0.15) is 11.8 Å². The van der Waals surface area contributed by atoms with E-state index in [0.717, 1.165) is 0 Å². The molecule has 0 saturated carbocycles. The van der Waals surface area contributed by atoms with E-state index < -0.39 is 291 Å². The normalized spacial score (nSPS) is 15.0. The summed E-state index contributed by atoms with van der Waals surface area (Å²) in [5, 5.41) is 75.8. The van der Waals surface area contributed by atoms with Gasteiger partial charge in [0, 0.05) is 49.5 Å². The van der Waals surface area contributed by atoms with Crippen LogP contribution in [0.3, 0.4) is 0 Å². The summed E-state index contributed by atoms with van der Waals surface area (Å²) in [6.45, 7) is 13.8. The zero-order valence-corrected chi connectivity index (χ0v) is 74.2. The number of hydrogen-bond acceptors (Lipinski definition) is 27. The number of nitrogens with zero attached hydrogens (tertiary/aromatic N) is 2. The lowest BCUT2D eigenvalue weighted by atomic mass is 9.96. The highest BCUT2D eigenvalue weighted by Crippen LogP contribution is 2.17. The summed E-state index contributed by atoms with van der Waals surface area (Å²) >= 11 is 1.24. The van der Waals surface area contributed by atoms with Crippen LogP contribution in [0.1, 0.15) is 171 Å². The van der Waals surface area contributed by atoms with Crippen LogP contribution in [0, 0.1) is 29.6 Å². The van der Waals surface area contributed by atoms with E-state index in [1.165, 1.54) is 57.6 Å². The van der Waals surface area contributed by atoms with E-state index in [4.69, 9.17) is 28.7 Å². The number of thioether (sulfide) groups is 1. The van der Waals surface area contributed by atoms with Gasteiger partial charge < -0.3 is 139 Å². The minimum absolute atomic E-state index is 0.0417. The highest BCUT2D eigenvalue weighted by atomic mass is 32.2. The molecule has 0 saturated heterocycles. The Morgan fingerprint density at radius 3 is 1.19 bits per heavy atom. The maximum atomic E-state index is 14.7. The predicted molar refractivity (Wildman–Crippen MR) is 456 cm³/mol. The minimum atomic E-state index is -1.88. The van der Waals surface area contributed by atoms with Crippen molar-refractivity contribution in [2.24, 2.45) is 58.3 Å². The number of aliphatic hydroxyl groups excluding tert-OH is 2. The van der Waals surface area contributed by atoms with Crippen molar-refractivity contribution in [3.8, 4) is 0 Å². The van der Waals surface area contributed by atoms with Gasteiger partial charge >= 0.3 is 11.9 Å².